The summed E-state index contributed by atoms with van der Waals surface area (Å²) in [4.78, 5) is 0. The number of ether oxygens (including phenoxy) is 1. The molecule has 70 valence electrons. The summed E-state index contributed by atoms with van der Waals surface area (Å²) in [5, 5.41) is 1.54. The Hall–Kier alpha value is -0.603. The number of rotatable bonds is 2. The first-order valence-corrected chi connectivity index (χ1v) is 6.63. The zero-order valence-electron chi connectivity index (χ0n) is 8.91. The van der Waals surface area contributed by atoms with E-state index in [0.29, 0.717) is 5.73 Å². The average Bonchev–Trinajstić information content (AvgIpc) is 2.21. The van der Waals surface area contributed by atoms with Crippen molar-refractivity contribution < 1.29 is 6.16 Å². The van der Waals surface area contributed by atoms with Gasteiger partial charge in [-0.25, -0.2) is 0 Å². The molecule has 1 fully saturated rings. The van der Waals surface area contributed by atoms with Crippen molar-refractivity contribution in [3.05, 3.63) is 30.3 Å². The van der Waals surface area contributed by atoms with E-state index in [2.05, 4.69) is 30.3 Å². The first-order chi connectivity index (χ1) is 6.45. The lowest BCUT2D eigenvalue weighted by Gasteiger charge is -2.22. The molecule has 1 aromatic carbocycles. The van der Waals surface area contributed by atoms with Crippen LogP contribution in [-0.4, -0.2) is 21.9 Å². The van der Waals surface area contributed by atoms with E-state index in [1.165, 1.54) is 24.4 Å². The van der Waals surface area contributed by atoms with E-state index in [0.717, 1.165) is 6.61 Å². The summed E-state index contributed by atoms with van der Waals surface area (Å²) in [5.74, 6) is 0. The van der Waals surface area contributed by atoms with Gasteiger partial charge in [0.25, 0.3) is 0 Å². The van der Waals surface area contributed by atoms with E-state index in [1.807, 2.05) is 0 Å². The van der Waals surface area contributed by atoms with Gasteiger partial charge in [0, 0.05) is 12.3 Å². The fourth-order valence-electron chi connectivity index (χ4n) is 1.85. The van der Waals surface area contributed by atoms with Crippen LogP contribution in [0.3, 0.4) is 0 Å². The third-order valence-corrected chi connectivity index (χ3v) is 4.62. The molecule has 1 saturated heterocycles. The fourth-order valence-corrected chi connectivity index (χ4v) is 3.69. The summed E-state index contributed by atoms with van der Waals surface area (Å²) in [6, 6.07) is 10.8. The van der Waals surface area contributed by atoms with Crippen molar-refractivity contribution in [3.8, 4) is 0 Å². The van der Waals surface area contributed by atoms with Crippen LogP contribution >= 0.6 is 0 Å². The van der Waals surface area contributed by atoms with E-state index < -0.39 is 0 Å². The number of hydrogen-bond donors (Lipinski definition) is 0. The Balaban J connectivity index is 0.000000980. The van der Waals surface area contributed by atoms with Gasteiger partial charge in [0.2, 0.25) is 0 Å². The summed E-state index contributed by atoms with van der Waals surface area (Å²) < 4.78 is 5.74. The molecule has 0 amide bonds. The smallest absolute Gasteiger partial charge is 0.382 e. The summed E-state index contributed by atoms with van der Waals surface area (Å²) in [6.45, 7) is 0.991. The van der Waals surface area contributed by atoms with Gasteiger partial charge < -0.3 is 4.74 Å². The lowest BCUT2D eigenvalue weighted by Crippen LogP contribution is -2.32. The molecule has 0 radical (unpaired) electrons. The second kappa shape index (κ2) is 4.58. The third kappa shape index (κ3) is 2.67. The average molecular weight is 193 g/mol. The predicted octanol–water partition coefficient (Wildman–Crippen LogP) is 1.12. The molecule has 1 atom stereocenters. The Morgan fingerprint density at radius 1 is 1.23 bits per heavy atom. The maximum Gasteiger partial charge on any atom is 1.00 e. The normalized spacial score (nSPS) is 23.8. The minimum absolute atomic E-state index is 0. The second-order valence-corrected chi connectivity index (χ2v) is 5.81. The minimum Gasteiger partial charge on any atom is -0.382 e. The summed E-state index contributed by atoms with van der Waals surface area (Å²) in [5.41, 5.74) is 0.608. The molecular formula is C11H17OSi+. The molecule has 1 aliphatic heterocycles. The van der Waals surface area contributed by atoms with Gasteiger partial charge in [-0.2, -0.15) is 0 Å². The number of benzene rings is 1. The molecule has 0 aromatic heterocycles. The van der Waals surface area contributed by atoms with Gasteiger partial charge in [-0.1, -0.05) is 35.5 Å². The van der Waals surface area contributed by atoms with Gasteiger partial charge in [-0.05, 0) is 19.3 Å². The molecular weight excluding hydrogens is 176 g/mol. The first-order valence-electron chi connectivity index (χ1n) is 5.11. The first kappa shape index (κ1) is 8.97. The van der Waals surface area contributed by atoms with Crippen molar-refractivity contribution in [1.82, 2.24) is 0 Å². The van der Waals surface area contributed by atoms with Crippen LogP contribution in [0.1, 0.15) is 20.7 Å². The van der Waals surface area contributed by atoms with Gasteiger partial charge in [0.15, 0.2) is 0 Å². The Kier molecular flexibility index (Phi) is 3.16. The Bertz CT molecular complexity index is 247. The van der Waals surface area contributed by atoms with Crippen molar-refractivity contribution in [3.63, 3.8) is 0 Å². The molecule has 0 aliphatic carbocycles. The predicted molar refractivity (Wildman–Crippen MR) is 59.3 cm³/mol. The van der Waals surface area contributed by atoms with E-state index in [-0.39, 0.29) is 10.9 Å². The van der Waals surface area contributed by atoms with Crippen LogP contribution in [0.25, 0.3) is 0 Å². The molecule has 0 N–H and O–H groups in total. The van der Waals surface area contributed by atoms with E-state index in [1.54, 1.807) is 0 Å². The van der Waals surface area contributed by atoms with Crippen LogP contribution < -0.4 is 5.19 Å². The highest BCUT2D eigenvalue weighted by atomic mass is 28.2. The highest BCUT2D eigenvalue weighted by Crippen LogP contribution is 2.11. The van der Waals surface area contributed by atoms with Crippen LogP contribution in [0.15, 0.2) is 30.3 Å². The molecule has 13 heavy (non-hydrogen) atoms. The molecule has 2 rings (SSSR count). The fraction of sp³-hybridized carbons (Fsp3) is 0.455. The highest BCUT2D eigenvalue weighted by molar-refractivity contribution is 6.54. The van der Waals surface area contributed by atoms with Crippen LogP contribution in [0.5, 0.6) is 0 Å². The van der Waals surface area contributed by atoms with Crippen LogP contribution in [0.2, 0.25) is 0 Å². The Morgan fingerprint density at radius 2 is 2.08 bits per heavy atom. The van der Waals surface area contributed by atoms with Gasteiger partial charge in [-0.3, -0.25) is 0 Å². The summed E-state index contributed by atoms with van der Waals surface area (Å²) in [6.07, 6.45) is 3.92. The van der Waals surface area contributed by atoms with Crippen molar-refractivity contribution >= 4 is 14.7 Å². The monoisotopic (exact) mass is 193 g/mol. The largest absolute Gasteiger partial charge is 1.00 e. The highest BCUT2D eigenvalue weighted by Gasteiger charge is 2.14. The zero-order valence-corrected chi connectivity index (χ0v) is 9.32. The maximum atomic E-state index is 5.74. The summed E-state index contributed by atoms with van der Waals surface area (Å²) >= 11 is 0. The van der Waals surface area contributed by atoms with Crippen LogP contribution in [0, 0.1) is 0 Å². The molecule has 0 spiro atoms. The molecule has 2 heteroatoms. The zero-order chi connectivity index (χ0) is 8.93. The molecule has 1 nitrogen and oxygen atoms in total. The minimum atomic E-state index is -0.179. The van der Waals surface area contributed by atoms with Crippen molar-refractivity contribution in [1.29, 1.82) is 0 Å². The quantitative estimate of drug-likeness (QED) is 0.640. The van der Waals surface area contributed by atoms with Gasteiger partial charge in [0.05, 0.1) is 9.52 Å². The Morgan fingerprint density at radius 3 is 2.77 bits per heavy atom. The van der Waals surface area contributed by atoms with E-state index in [9.17, 15) is 0 Å². The molecule has 0 bridgehead atoms. The maximum absolute atomic E-state index is 5.74. The van der Waals surface area contributed by atoms with Crippen molar-refractivity contribution in [2.75, 3.05) is 6.61 Å². The third-order valence-electron chi connectivity index (χ3n) is 2.58. The molecule has 1 heterocycles. The van der Waals surface area contributed by atoms with Crippen LogP contribution in [0.4, 0.5) is 0 Å². The SMILES string of the molecule is [H+].c1ccc([SiH2]C2CCCCO2)cc1. The molecule has 1 unspecified atom stereocenters. The number of hydrogen-bond acceptors (Lipinski definition) is 1. The second-order valence-electron chi connectivity index (χ2n) is 3.68. The van der Waals surface area contributed by atoms with E-state index in [4.69, 9.17) is 4.74 Å². The molecule has 1 aromatic rings. The van der Waals surface area contributed by atoms with Gasteiger partial charge in [0.1, 0.15) is 0 Å². The van der Waals surface area contributed by atoms with Crippen molar-refractivity contribution in [2.24, 2.45) is 0 Å². The van der Waals surface area contributed by atoms with Crippen molar-refractivity contribution in [2.45, 2.75) is 25.0 Å². The molecule has 1 aliphatic rings. The Labute approximate surface area is 83.4 Å². The lowest BCUT2D eigenvalue weighted by atomic mass is 10.2. The van der Waals surface area contributed by atoms with Gasteiger partial charge in [-0.15, -0.1) is 0 Å². The van der Waals surface area contributed by atoms with E-state index >= 15 is 0 Å². The topological polar surface area (TPSA) is 9.23 Å². The molecule has 0 saturated carbocycles. The summed E-state index contributed by atoms with van der Waals surface area (Å²) in [7, 11) is -0.179. The standard InChI is InChI=1S/C11H16OSi/c1-2-6-10(7-3-1)13-11-8-4-5-9-12-11/h1-3,6-7,11H,4-5,8-9,13H2/p+1. The van der Waals surface area contributed by atoms with Gasteiger partial charge >= 0.3 is 1.43 Å². The lowest BCUT2D eigenvalue weighted by molar-refractivity contribution is 0.0660. The van der Waals surface area contributed by atoms with Crippen LogP contribution in [-0.2, 0) is 4.74 Å².